The molecule has 0 aromatic heterocycles. The number of aliphatic hydroxyl groups is 1. The molecule has 0 aliphatic heterocycles. The number of carbonyl (C=O) groups excluding carboxylic acids is 4. The van der Waals surface area contributed by atoms with Crippen LogP contribution in [0, 0.1) is 5.92 Å². The Kier molecular flexibility index (Phi) is 11.6. The zero-order chi connectivity index (χ0) is 24.3. The van der Waals surface area contributed by atoms with Gasteiger partial charge in [0.1, 0.15) is 12.3 Å². The van der Waals surface area contributed by atoms with E-state index in [9.17, 15) is 24.3 Å². The molecule has 5 atom stereocenters. The quantitative estimate of drug-likeness (QED) is 0.269. The maximum atomic E-state index is 12.6. The van der Waals surface area contributed by atoms with Crippen molar-refractivity contribution in [1.29, 1.82) is 0 Å². The predicted octanol–water partition coefficient (Wildman–Crippen LogP) is 0.0466. The number of rotatable bonds is 13. The molecule has 32 heavy (non-hydrogen) atoms. The fourth-order valence-electron chi connectivity index (χ4n) is 2.97. The second kappa shape index (κ2) is 13.6. The minimum atomic E-state index is -1.02. The standard InChI is InChI=1S/C23H36N4O5/c1-14(2)19(13-28)26-21(30)11-10-20(29)18(12-17-8-6-5-7-9-17)27-23(32)16(4)25-22(31)15(3)24/h5-9,13-16,18-20,29H,10-12,24H2,1-4H3,(H,25,31)(H,26,30)(H,27,32)/t15?,16?,18-,19?,20-/m0/s1. The average Bonchev–Trinajstić information content (AvgIpc) is 2.75. The lowest BCUT2D eigenvalue weighted by Crippen LogP contribution is -2.54. The summed E-state index contributed by atoms with van der Waals surface area (Å²) in [6.07, 6.45) is 0.0983. The molecule has 0 saturated carbocycles. The molecule has 0 bridgehead atoms. The number of hydrogen-bond donors (Lipinski definition) is 5. The molecule has 9 heteroatoms. The highest BCUT2D eigenvalue weighted by Gasteiger charge is 2.26. The van der Waals surface area contributed by atoms with E-state index in [1.54, 1.807) is 0 Å². The fourth-order valence-corrected chi connectivity index (χ4v) is 2.97. The molecule has 3 amide bonds. The molecular weight excluding hydrogens is 412 g/mol. The zero-order valence-corrected chi connectivity index (χ0v) is 19.2. The van der Waals surface area contributed by atoms with Crippen LogP contribution >= 0.6 is 0 Å². The van der Waals surface area contributed by atoms with Crippen LogP contribution in [0.25, 0.3) is 0 Å². The highest BCUT2D eigenvalue weighted by atomic mass is 16.3. The minimum Gasteiger partial charge on any atom is -0.391 e. The van der Waals surface area contributed by atoms with Gasteiger partial charge in [0.2, 0.25) is 17.7 Å². The van der Waals surface area contributed by atoms with Crippen molar-refractivity contribution in [2.75, 3.05) is 0 Å². The van der Waals surface area contributed by atoms with Crippen LogP contribution in [0.2, 0.25) is 0 Å². The molecule has 178 valence electrons. The third-order valence-corrected chi connectivity index (χ3v) is 5.12. The van der Waals surface area contributed by atoms with E-state index in [0.29, 0.717) is 12.7 Å². The lowest BCUT2D eigenvalue weighted by atomic mass is 9.97. The number of benzene rings is 1. The summed E-state index contributed by atoms with van der Waals surface area (Å²) in [5.41, 5.74) is 6.42. The number of nitrogens with two attached hydrogens (primary N) is 1. The van der Waals surface area contributed by atoms with Crippen LogP contribution in [0.4, 0.5) is 0 Å². The molecule has 3 unspecified atom stereocenters. The molecule has 1 aromatic carbocycles. The summed E-state index contributed by atoms with van der Waals surface area (Å²) in [6.45, 7) is 6.69. The molecule has 6 N–H and O–H groups in total. The van der Waals surface area contributed by atoms with Crippen molar-refractivity contribution in [3.05, 3.63) is 35.9 Å². The normalized spacial score (nSPS) is 15.7. The van der Waals surface area contributed by atoms with Gasteiger partial charge in [-0.1, -0.05) is 44.2 Å². The average molecular weight is 449 g/mol. The van der Waals surface area contributed by atoms with Gasteiger partial charge < -0.3 is 31.6 Å². The summed E-state index contributed by atoms with van der Waals surface area (Å²) in [5, 5.41) is 18.7. The molecule has 9 nitrogen and oxygen atoms in total. The van der Waals surface area contributed by atoms with Crippen molar-refractivity contribution in [2.45, 2.75) is 77.2 Å². The molecular formula is C23H36N4O5. The van der Waals surface area contributed by atoms with Crippen molar-refractivity contribution < 1.29 is 24.3 Å². The summed E-state index contributed by atoms with van der Waals surface area (Å²) in [4.78, 5) is 47.7. The SMILES string of the molecule is CC(N)C(=O)NC(C)C(=O)N[C@@H](Cc1ccccc1)[C@@H](O)CCC(=O)NC(C=O)C(C)C. The first-order valence-corrected chi connectivity index (χ1v) is 10.9. The van der Waals surface area contributed by atoms with E-state index in [1.165, 1.54) is 13.8 Å². The lowest BCUT2D eigenvalue weighted by molar-refractivity contribution is -0.130. The predicted molar refractivity (Wildman–Crippen MR) is 121 cm³/mol. The van der Waals surface area contributed by atoms with Crippen molar-refractivity contribution in [3.63, 3.8) is 0 Å². The van der Waals surface area contributed by atoms with Crippen LogP contribution in [-0.4, -0.2) is 59.4 Å². The molecule has 0 radical (unpaired) electrons. The number of amides is 3. The summed E-state index contributed by atoms with van der Waals surface area (Å²) in [5.74, 6) is -1.32. The molecule has 0 fully saturated rings. The third kappa shape index (κ3) is 9.57. The van der Waals surface area contributed by atoms with Crippen LogP contribution in [0.3, 0.4) is 0 Å². The molecule has 0 aliphatic carbocycles. The Morgan fingerprint density at radius 1 is 1.00 bits per heavy atom. The summed E-state index contributed by atoms with van der Waals surface area (Å²) < 4.78 is 0. The van der Waals surface area contributed by atoms with Crippen LogP contribution in [-0.2, 0) is 25.6 Å². The summed E-state index contributed by atoms with van der Waals surface area (Å²) in [6, 6.07) is 6.44. The first-order valence-electron chi connectivity index (χ1n) is 10.9. The van der Waals surface area contributed by atoms with Gasteiger partial charge in [-0.3, -0.25) is 14.4 Å². The number of hydrogen-bond acceptors (Lipinski definition) is 6. The van der Waals surface area contributed by atoms with Gasteiger partial charge >= 0.3 is 0 Å². The van der Waals surface area contributed by atoms with Crippen molar-refractivity contribution in [1.82, 2.24) is 16.0 Å². The van der Waals surface area contributed by atoms with E-state index in [1.807, 2.05) is 44.2 Å². The lowest BCUT2D eigenvalue weighted by Gasteiger charge is -2.26. The Morgan fingerprint density at radius 2 is 1.62 bits per heavy atom. The maximum Gasteiger partial charge on any atom is 0.242 e. The van der Waals surface area contributed by atoms with Gasteiger partial charge in [0, 0.05) is 6.42 Å². The van der Waals surface area contributed by atoms with Crippen LogP contribution in [0.15, 0.2) is 30.3 Å². The summed E-state index contributed by atoms with van der Waals surface area (Å²) >= 11 is 0. The highest BCUT2D eigenvalue weighted by molar-refractivity contribution is 5.89. The van der Waals surface area contributed by atoms with E-state index in [-0.39, 0.29) is 24.7 Å². The monoisotopic (exact) mass is 448 g/mol. The summed E-state index contributed by atoms with van der Waals surface area (Å²) in [7, 11) is 0. The smallest absolute Gasteiger partial charge is 0.242 e. The highest BCUT2D eigenvalue weighted by Crippen LogP contribution is 2.11. The second-order valence-electron chi connectivity index (χ2n) is 8.40. The molecule has 1 aromatic rings. The van der Waals surface area contributed by atoms with E-state index in [2.05, 4.69) is 16.0 Å². The third-order valence-electron chi connectivity index (χ3n) is 5.12. The molecule has 0 spiro atoms. The van der Waals surface area contributed by atoms with Crippen LogP contribution in [0.1, 0.15) is 46.1 Å². The van der Waals surface area contributed by atoms with Gasteiger partial charge in [-0.05, 0) is 38.2 Å². The van der Waals surface area contributed by atoms with Gasteiger partial charge in [-0.15, -0.1) is 0 Å². The Hall–Kier alpha value is -2.78. The zero-order valence-electron chi connectivity index (χ0n) is 19.2. The largest absolute Gasteiger partial charge is 0.391 e. The van der Waals surface area contributed by atoms with Crippen LogP contribution < -0.4 is 21.7 Å². The van der Waals surface area contributed by atoms with E-state index >= 15 is 0 Å². The molecule has 0 heterocycles. The fraction of sp³-hybridized carbons (Fsp3) is 0.565. The number of aliphatic hydroxyl groups excluding tert-OH is 1. The van der Waals surface area contributed by atoms with Gasteiger partial charge in [0.05, 0.1) is 24.2 Å². The van der Waals surface area contributed by atoms with Crippen LogP contribution in [0.5, 0.6) is 0 Å². The Balaban J connectivity index is 2.80. The molecule has 0 saturated heterocycles. The number of aldehydes is 1. The first kappa shape index (κ1) is 27.3. The van der Waals surface area contributed by atoms with E-state index in [0.717, 1.165) is 5.56 Å². The van der Waals surface area contributed by atoms with Gasteiger partial charge in [0.15, 0.2) is 0 Å². The molecule has 1 rings (SSSR count). The molecule has 0 aliphatic rings. The Bertz CT molecular complexity index is 754. The first-order chi connectivity index (χ1) is 15.0. The van der Waals surface area contributed by atoms with Gasteiger partial charge in [-0.2, -0.15) is 0 Å². The topological polar surface area (TPSA) is 151 Å². The second-order valence-corrected chi connectivity index (χ2v) is 8.40. The van der Waals surface area contributed by atoms with E-state index < -0.39 is 42.1 Å². The van der Waals surface area contributed by atoms with Gasteiger partial charge in [-0.25, -0.2) is 0 Å². The minimum absolute atomic E-state index is 0.00361. The maximum absolute atomic E-state index is 12.6. The number of nitrogens with one attached hydrogen (secondary N) is 3. The Morgan fingerprint density at radius 3 is 2.16 bits per heavy atom. The van der Waals surface area contributed by atoms with E-state index in [4.69, 9.17) is 5.73 Å². The van der Waals surface area contributed by atoms with Crippen molar-refractivity contribution in [3.8, 4) is 0 Å². The number of carbonyl (C=O) groups is 4. The van der Waals surface area contributed by atoms with Crippen molar-refractivity contribution in [2.24, 2.45) is 11.7 Å². The van der Waals surface area contributed by atoms with Crippen molar-refractivity contribution >= 4 is 24.0 Å². The van der Waals surface area contributed by atoms with Gasteiger partial charge in [0.25, 0.3) is 0 Å². The Labute approximate surface area is 189 Å².